The van der Waals surface area contributed by atoms with Crippen LogP contribution in [0.2, 0.25) is 0 Å². The van der Waals surface area contributed by atoms with Crippen LogP contribution in [0.1, 0.15) is 52.0 Å². The number of nitrogens with zero attached hydrogens (tertiary/aromatic N) is 6. The van der Waals surface area contributed by atoms with Crippen LogP contribution in [0.15, 0.2) is 36.4 Å². The van der Waals surface area contributed by atoms with Crippen LogP contribution in [-0.2, 0) is 23.0 Å². The molecule has 3 aliphatic rings. The first-order valence-electron chi connectivity index (χ1n) is 18.6. The van der Waals surface area contributed by atoms with Gasteiger partial charge in [0, 0.05) is 19.5 Å². The van der Waals surface area contributed by atoms with Crippen LogP contribution in [0.4, 0.5) is 23.8 Å². The summed E-state index contributed by atoms with van der Waals surface area (Å²) in [5.74, 6) is 1.85. The molecule has 0 spiro atoms. The predicted octanol–water partition coefficient (Wildman–Crippen LogP) is 6.27. The number of rotatable bonds is 9. The van der Waals surface area contributed by atoms with Crippen molar-refractivity contribution in [3.05, 3.63) is 53.6 Å². The van der Waals surface area contributed by atoms with Crippen molar-refractivity contribution in [2.45, 2.75) is 69.8 Å². The summed E-state index contributed by atoms with van der Waals surface area (Å²) in [4.78, 5) is 27.9. The van der Waals surface area contributed by atoms with Gasteiger partial charge in [-0.25, -0.2) is 9.18 Å². The number of thiol groups is 1. The molecule has 0 aliphatic carbocycles. The van der Waals surface area contributed by atoms with Crippen LogP contribution >= 0.6 is 9.90 Å². The summed E-state index contributed by atoms with van der Waals surface area (Å²) in [6, 6.07) is 11.4. The molecule has 3 saturated heterocycles. The third-order valence-electron chi connectivity index (χ3n) is 10.6. The largest absolute Gasteiger partial charge is 0.813 e. The molecule has 11 nitrogen and oxygen atoms in total. The molecule has 1 aromatic heterocycles. The molecule has 0 bridgehead atoms. The fraction of sp³-hybridized carbons (Fsp3) is 0.463. The minimum atomic E-state index is -0.989. The molecule has 0 N–H and O–H groups in total. The molecule has 306 valence electrons. The Balaban J connectivity index is 0.00000320. The van der Waals surface area contributed by atoms with Crippen molar-refractivity contribution in [2.24, 2.45) is 0 Å². The molecule has 7 rings (SSSR count). The quantitative estimate of drug-likeness (QED) is 0.0473. The number of benzene rings is 3. The molecule has 3 aromatic carbocycles. The number of hydrogen-bond donors (Lipinski definition) is 0. The number of amides is 1. The number of fused-ring (bicyclic) bond motifs is 3. The van der Waals surface area contributed by atoms with Crippen LogP contribution in [0.25, 0.3) is 32.8 Å². The van der Waals surface area contributed by atoms with E-state index in [2.05, 4.69) is 25.4 Å². The van der Waals surface area contributed by atoms with Gasteiger partial charge in [0.25, 0.3) is 0 Å². The van der Waals surface area contributed by atoms with Gasteiger partial charge in [-0.3, -0.25) is 4.90 Å². The number of carbonyl (C=O) groups is 1. The van der Waals surface area contributed by atoms with Crippen molar-refractivity contribution in [1.82, 2.24) is 19.8 Å². The summed E-state index contributed by atoms with van der Waals surface area (Å²) in [6.07, 6.45) is 0.376. The SMILES string of the molecule is COCOc1cc(-c2c(F)cc3c(N4CCN(C(=O)OC(C)(C)C)[C@@H](CC#N)C4)nc(OC[C@@]45CCCN4C[C@H](F)C5)nc3c2F)c2c(C#[C][Tl])cccc2c1.P.[SH-]. The Bertz CT molecular complexity index is 2290. The van der Waals surface area contributed by atoms with Crippen molar-refractivity contribution in [3.8, 4) is 38.4 Å². The first kappa shape index (κ1) is 45.5. The molecule has 1 unspecified atom stereocenters. The van der Waals surface area contributed by atoms with Crippen molar-refractivity contribution in [1.29, 1.82) is 5.26 Å². The molecular formula is C41H46F3N6O5PSTl-. The standard InChI is InChI=1S/C41H42F3N6O5.H3P.H2S.Tl/c1-6-25-9-7-10-26-17-29(54-24-52-5)18-30(33(25)26)34-32(43)19-31-36(35(34)44)46-38(53-23-41-12-8-14-49(41)21-27(42)20-41)47-37(31)48-15-16-50(28(22-48)11-13-45)39(51)55-40(2,3)4;;;/h7,9-10,17-19,27-28H,8,11-12,14-16,20-24H2,2-5H3;1H3;1H2;/p-1/t27-,28+,41+;;;/m1.../s1. The summed E-state index contributed by atoms with van der Waals surface area (Å²) in [5.41, 5.74) is -0.984. The number of alkyl halides is 1. The van der Waals surface area contributed by atoms with E-state index in [1.165, 1.54) is 18.1 Å². The van der Waals surface area contributed by atoms with Crippen molar-refractivity contribution >= 4 is 82.7 Å². The molecule has 4 heterocycles. The average Bonchev–Trinajstić information content (AvgIpc) is 3.68. The smallest absolute Gasteiger partial charge is 0.153 e. The fourth-order valence-corrected chi connectivity index (χ4v) is 8.84. The van der Waals surface area contributed by atoms with Gasteiger partial charge in [0.15, 0.2) is 0 Å². The Morgan fingerprint density at radius 1 is 1.10 bits per heavy atom. The average molecular weight is 1030 g/mol. The summed E-state index contributed by atoms with van der Waals surface area (Å²) in [6.45, 7) is 6.87. The van der Waals surface area contributed by atoms with Gasteiger partial charge in [-0.05, 0) is 40.2 Å². The van der Waals surface area contributed by atoms with Crippen LogP contribution in [0.3, 0.4) is 0 Å². The third-order valence-corrected chi connectivity index (χ3v) is 11.1. The fourth-order valence-electron chi connectivity index (χ4n) is 8.24. The van der Waals surface area contributed by atoms with E-state index in [0.29, 0.717) is 60.8 Å². The number of nitriles is 1. The maximum Gasteiger partial charge on any atom is -0.153 e. The van der Waals surface area contributed by atoms with Crippen LogP contribution < -0.4 is 14.4 Å². The normalized spacial score (nSPS) is 20.4. The van der Waals surface area contributed by atoms with Gasteiger partial charge < -0.3 is 23.1 Å². The Morgan fingerprint density at radius 3 is 2.62 bits per heavy atom. The van der Waals surface area contributed by atoms with Crippen LogP contribution in [-0.4, -0.2) is 128 Å². The molecule has 4 aromatic rings. The second-order valence-electron chi connectivity index (χ2n) is 15.5. The first-order valence-corrected chi connectivity index (χ1v) is 20.8. The van der Waals surface area contributed by atoms with E-state index in [1.807, 2.05) is 18.2 Å². The summed E-state index contributed by atoms with van der Waals surface area (Å²) in [7, 11) is 1.48. The number of halogens is 3. The third kappa shape index (κ3) is 9.24. The van der Waals surface area contributed by atoms with E-state index in [0.717, 1.165) is 19.4 Å². The van der Waals surface area contributed by atoms with Gasteiger partial charge in [-0.2, -0.15) is 15.2 Å². The van der Waals surface area contributed by atoms with Gasteiger partial charge in [-0.1, -0.05) is 0 Å². The molecule has 0 radical (unpaired) electrons. The molecule has 17 heteroatoms. The summed E-state index contributed by atoms with van der Waals surface area (Å²) in [5, 5.41) is 11.1. The number of aromatic nitrogens is 2. The second-order valence-corrected chi connectivity index (χ2v) is 16.6. The molecular weight excluding hydrogens is 981 g/mol. The van der Waals surface area contributed by atoms with Crippen LogP contribution in [0, 0.1) is 32.4 Å². The molecule has 4 atom stereocenters. The number of carbonyl (C=O) groups excluding carboxylic acids is 1. The minimum Gasteiger partial charge on any atom is -0.813 e. The zero-order valence-electron chi connectivity index (χ0n) is 33.0. The molecule has 1 amide bonds. The first-order chi connectivity index (χ1) is 26.8. The Kier molecular flexibility index (Phi) is 14.7. The van der Waals surface area contributed by atoms with E-state index in [4.69, 9.17) is 23.9 Å². The summed E-state index contributed by atoms with van der Waals surface area (Å²) < 4.78 is 74.8. The Hall–Kier alpha value is -3.61. The number of hydrogen-bond acceptors (Lipinski definition) is 11. The second kappa shape index (κ2) is 18.8. The Labute approximate surface area is 362 Å². The monoisotopic (exact) mass is 1030 g/mol. The zero-order valence-corrected chi connectivity index (χ0v) is 39.8. The van der Waals surface area contributed by atoms with E-state index in [1.54, 1.807) is 37.8 Å². The van der Waals surface area contributed by atoms with Crippen molar-refractivity contribution < 1.29 is 36.9 Å². The van der Waals surface area contributed by atoms with Gasteiger partial charge in [0.2, 0.25) is 0 Å². The van der Waals surface area contributed by atoms with E-state index in [-0.39, 0.29) is 96.7 Å². The molecule has 0 saturated carbocycles. The van der Waals surface area contributed by atoms with Crippen molar-refractivity contribution in [3.63, 3.8) is 0 Å². The molecule has 3 aliphatic heterocycles. The molecule has 3 fully saturated rings. The number of piperazine rings is 1. The number of anilines is 1. The maximum atomic E-state index is 17.4. The summed E-state index contributed by atoms with van der Waals surface area (Å²) >= 11 is 0.375. The minimum absolute atomic E-state index is 0. The van der Waals surface area contributed by atoms with Gasteiger partial charge in [0.1, 0.15) is 11.8 Å². The van der Waals surface area contributed by atoms with Gasteiger partial charge in [0.05, 0.1) is 24.1 Å². The molecule has 58 heavy (non-hydrogen) atoms. The number of ether oxygens (including phenoxy) is 4. The van der Waals surface area contributed by atoms with E-state index < -0.39 is 41.1 Å². The van der Waals surface area contributed by atoms with E-state index in [9.17, 15) is 14.4 Å². The maximum absolute atomic E-state index is 17.4. The topological polar surface area (TPSA) is 113 Å². The number of methoxy groups -OCH3 is 1. The van der Waals surface area contributed by atoms with E-state index >= 15 is 8.78 Å². The Morgan fingerprint density at radius 2 is 1.90 bits per heavy atom. The predicted molar refractivity (Wildman–Crippen MR) is 225 cm³/mol. The zero-order chi connectivity index (χ0) is 39.8. The van der Waals surface area contributed by atoms with Crippen molar-refractivity contribution in [2.75, 3.05) is 58.1 Å². The van der Waals surface area contributed by atoms with Crippen LogP contribution in [0.5, 0.6) is 11.8 Å². The van der Waals surface area contributed by atoms with Gasteiger partial charge in [-0.15, -0.1) is 0 Å². The van der Waals surface area contributed by atoms with Gasteiger partial charge >= 0.3 is 217 Å².